The molecule has 156 valence electrons. The summed E-state index contributed by atoms with van der Waals surface area (Å²) in [5.41, 5.74) is 2.93. The van der Waals surface area contributed by atoms with Crippen LogP contribution in [0.25, 0.3) is 0 Å². The summed E-state index contributed by atoms with van der Waals surface area (Å²) in [6.07, 6.45) is 3.72. The van der Waals surface area contributed by atoms with E-state index >= 15 is 0 Å². The molecular weight excluding hydrogens is 390 g/mol. The lowest BCUT2D eigenvalue weighted by molar-refractivity contribution is -0.104. The Bertz CT molecular complexity index is 907. The summed E-state index contributed by atoms with van der Waals surface area (Å²) in [4.78, 5) is 5.69. The number of ether oxygens (including phenoxy) is 5. The first-order valence-corrected chi connectivity index (χ1v) is 9.66. The van der Waals surface area contributed by atoms with Crippen molar-refractivity contribution in [3.8, 4) is 23.0 Å². The molecule has 2 aromatic carbocycles. The number of hydrazine groups is 1. The van der Waals surface area contributed by atoms with Gasteiger partial charge in [0.15, 0.2) is 5.75 Å². The van der Waals surface area contributed by atoms with E-state index in [1.54, 1.807) is 24.4 Å². The van der Waals surface area contributed by atoms with Gasteiger partial charge in [-0.15, -0.1) is 5.10 Å². The average Bonchev–Trinajstić information content (AvgIpc) is 3.69. The molecule has 2 fully saturated rings. The first kappa shape index (κ1) is 18.6. The fourth-order valence-electron chi connectivity index (χ4n) is 2.56. The summed E-state index contributed by atoms with van der Waals surface area (Å²) in [5, 5.41) is 5.33. The summed E-state index contributed by atoms with van der Waals surface area (Å²) in [7, 11) is 0. The average molecular weight is 411 g/mol. The molecule has 0 bridgehead atoms. The number of hydrogen-bond acceptors (Lipinski definition) is 9. The third-order valence-corrected chi connectivity index (χ3v) is 4.35. The van der Waals surface area contributed by atoms with Crippen LogP contribution in [0.3, 0.4) is 0 Å². The van der Waals surface area contributed by atoms with E-state index in [1.807, 2.05) is 36.4 Å². The summed E-state index contributed by atoms with van der Waals surface area (Å²) >= 11 is 0. The van der Waals surface area contributed by atoms with Crippen LogP contribution >= 0.6 is 0 Å². The number of epoxide rings is 2. The smallest absolute Gasteiger partial charge is 0.217 e. The third-order valence-electron chi connectivity index (χ3n) is 4.35. The SMILES string of the molecule is C1=NN(Oc2ccc(OCC3CO3)cc2)NC(Oc2ccc(OCC3CO3)cc2)=C1. The summed E-state index contributed by atoms with van der Waals surface area (Å²) in [6, 6.07) is 14.6. The molecular formula is C21H21N3O6. The van der Waals surface area contributed by atoms with E-state index in [-0.39, 0.29) is 12.2 Å². The zero-order chi connectivity index (χ0) is 20.2. The van der Waals surface area contributed by atoms with Crippen molar-refractivity contribution in [2.75, 3.05) is 26.4 Å². The van der Waals surface area contributed by atoms with Gasteiger partial charge in [0.2, 0.25) is 5.88 Å². The second-order valence-electron chi connectivity index (χ2n) is 6.85. The highest BCUT2D eigenvalue weighted by molar-refractivity contribution is 5.72. The van der Waals surface area contributed by atoms with E-state index in [2.05, 4.69) is 10.5 Å². The van der Waals surface area contributed by atoms with Gasteiger partial charge in [-0.3, -0.25) is 0 Å². The van der Waals surface area contributed by atoms with E-state index in [0.29, 0.717) is 30.6 Å². The second kappa shape index (κ2) is 8.52. The van der Waals surface area contributed by atoms with Crippen LogP contribution in [0.5, 0.6) is 23.0 Å². The van der Waals surface area contributed by atoms with Crippen molar-refractivity contribution in [2.45, 2.75) is 12.2 Å². The van der Waals surface area contributed by atoms with Crippen LogP contribution in [0.4, 0.5) is 0 Å². The molecule has 3 aliphatic rings. The molecule has 30 heavy (non-hydrogen) atoms. The molecule has 2 unspecified atom stereocenters. The van der Waals surface area contributed by atoms with Crippen molar-refractivity contribution in [3.05, 3.63) is 60.5 Å². The largest absolute Gasteiger partial charge is 0.491 e. The van der Waals surface area contributed by atoms with E-state index in [9.17, 15) is 0 Å². The molecule has 3 heterocycles. The number of rotatable bonds is 10. The maximum Gasteiger partial charge on any atom is 0.217 e. The van der Waals surface area contributed by atoms with Gasteiger partial charge in [0.05, 0.1) is 19.4 Å². The van der Waals surface area contributed by atoms with Gasteiger partial charge in [-0.25, -0.2) is 5.43 Å². The molecule has 3 aliphatic heterocycles. The molecule has 0 aliphatic carbocycles. The Balaban J connectivity index is 1.10. The maximum absolute atomic E-state index is 5.82. The van der Waals surface area contributed by atoms with Gasteiger partial charge in [0, 0.05) is 6.08 Å². The predicted molar refractivity (Wildman–Crippen MR) is 106 cm³/mol. The number of nitrogens with zero attached hydrogens (tertiary/aromatic N) is 2. The minimum absolute atomic E-state index is 0.221. The summed E-state index contributed by atoms with van der Waals surface area (Å²) < 4.78 is 27.3. The third kappa shape index (κ3) is 5.34. The Labute approximate surface area is 173 Å². The molecule has 9 heteroatoms. The number of allylic oxidation sites excluding steroid dienone is 1. The van der Waals surface area contributed by atoms with Gasteiger partial charge < -0.3 is 28.5 Å². The molecule has 0 spiro atoms. The molecule has 2 saturated heterocycles. The van der Waals surface area contributed by atoms with Gasteiger partial charge in [0.25, 0.3) is 0 Å². The van der Waals surface area contributed by atoms with Crippen molar-refractivity contribution >= 4 is 6.21 Å². The Morgan fingerprint density at radius 3 is 1.93 bits per heavy atom. The number of benzene rings is 2. The van der Waals surface area contributed by atoms with Gasteiger partial charge in [-0.1, -0.05) is 0 Å². The maximum atomic E-state index is 5.82. The van der Waals surface area contributed by atoms with Crippen molar-refractivity contribution in [2.24, 2.45) is 5.10 Å². The fraction of sp³-hybridized carbons (Fsp3) is 0.286. The van der Waals surface area contributed by atoms with Crippen molar-refractivity contribution in [3.63, 3.8) is 0 Å². The molecule has 2 aromatic rings. The van der Waals surface area contributed by atoms with Crippen LogP contribution in [0, 0.1) is 0 Å². The van der Waals surface area contributed by atoms with Crippen molar-refractivity contribution < 1.29 is 28.5 Å². The lowest BCUT2D eigenvalue weighted by atomic mass is 10.3. The van der Waals surface area contributed by atoms with Crippen molar-refractivity contribution in [1.29, 1.82) is 0 Å². The van der Waals surface area contributed by atoms with Crippen LogP contribution < -0.4 is 24.5 Å². The minimum Gasteiger partial charge on any atom is -0.491 e. The van der Waals surface area contributed by atoms with Crippen LogP contribution in [0.2, 0.25) is 0 Å². The molecule has 0 amide bonds. The van der Waals surface area contributed by atoms with Crippen LogP contribution in [0.15, 0.2) is 65.6 Å². The van der Waals surface area contributed by atoms with E-state index < -0.39 is 0 Å². The van der Waals surface area contributed by atoms with Crippen LogP contribution in [-0.4, -0.2) is 50.1 Å². The number of nitrogens with one attached hydrogen (secondary N) is 1. The molecule has 5 rings (SSSR count). The van der Waals surface area contributed by atoms with Crippen LogP contribution in [-0.2, 0) is 9.47 Å². The Morgan fingerprint density at radius 2 is 1.37 bits per heavy atom. The normalized spacial score (nSPS) is 21.3. The van der Waals surface area contributed by atoms with Gasteiger partial charge in [0.1, 0.15) is 42.7 Å². The topological polar surface area (TPSA) is 89.6 Å². The first-order chi connectivity index (χ1) is 14.8. The van der Waals surface area contributed by atoms with Crippen molar-refractivity contribution in [1.82, 2.24) is 10.7 Å². The van der Waals surface area contributed by atoms with E-state index in [4.69, 9.17) is 28.5 Å². The molecule has 2 atom stereocenters. The van der Waals surface area contributed by atoms with Gasteiger partial charge >= 0.3 is 0 Å². The molecule has 0 aromatic heterocycles. The molecule has 0 radical (unpaired) electrons. The highest BCUT2D eigenvalue weighted by atomic mass is 16.7. The van der Waals surface area contributed by atoms with Gasteiger partial charge in [-0.2, -0.15) is 0 Å². The lowest BCUT2D eigenvalue weighted by Crippen LogP contribution is -2.39. The first-order valence-electron chi connectivity index (χ1n) is 9.66. The van der Waals surface area contributed by atoms with E-state index in [1.165, 1.54) is 5.28 Å². The highest BCUT2D eigenvalue weighted by Crippen LogP contribution is 2.22. The standard InChI is InChI=1S/C21H21N3O6/c1-5-17(6-2-15(1)25-11-19-13-27-19)29-21-9-10-22-24(23-21)30-18-7-3-16(4-8-18)26-12-20-14-28-20/h1-10,19-20,23H,11-14H2. The van der Waals surface area contributed by atoms with Crippen LogP contribution in [0.1, 0.15) is 0 Å². The monoisotopic (exact) mass is 411 g/mol. The lowest BCUT2D eigenvalue weighted by Gasteiger charge is -2.23. The summed E-state index contributed by atoms with van der Waals surface area (Å²) in [6.45, 7) is 2.67. The zero-order valence-electron chi connectivity index (χ0n) is 16.1. The molecule has 9 nitrogen and oxygen atoms in total. The second-order valence-corrected chi connectivity index (χ2v) is 6.85. The Kier molecular flexibility index (Phi) is 5.28. The predicted octanol–water partition coefficient (Wildman–Crippen LogP) is 2.26. The Morgan fingerprint density at radius 1 is 0.833 bits per heavy atom. The minimum atomic E-state index is 0.221. The molecule has 1 N–H and O–H groups in total. The van der Waals surface area contributed by atoms with Gasteiger partial charge in [-0.05, 0) is 53.8 Å². The Hall–Kier alpha value is -3.43. The zero-order valence-corrected chi connectivity index (χ0v) is 16.1. The van der Waals surface area contributed by atoms with E-state index in [0.717, 1.165) is 24.7 Å². The quantitative estimate of drug-likeness (QED) is 0.596. The number of hydrogen-bond donors (Lipinski definition) is 1. The fourth-order valence-corrected chi connectivity index (χ4v) is 2.56. The number of hydrazone groups is 1. The molecule has 0 saturated carbocycles. The summed E-state index contributed by atoms with van der Waals surface area (Å²) in [5.74, 6) is 3.24. The highest BCUT2D eigenvalue weighted by Gasteiger charge is 2.23.